The zero-order chi connectivity index (χ0) is 17.4. The highest BCUT2D eigenvalue weighted by Gasteiger charge is 2.38. The maximum Gasteiger partial charge on any atom is 0.452 e. The molecule has 0 spiro atoms. The van der Waals surface area contributed by atoms with E-state index in [-0.39, 0.29) is 17.6 Å². The van der Waals surface area contributed by atoms with Gasteiger partial charge < -0.3 is 4.74 Å². The predicted molar refractivity (Wildman–Crippen MR) is 85.4 cm³/mol. The van der Waals surface area contributed by atoms with Gasteiger partial charge in [-0.15, -0.1) is 10.2 Å². The van der Waals surface area contributed by atoms with Crippen molar-refractivity contribution in [2.24, 2.45) is 0 Å². The van der Waals surface area contributed by atoms with E-state index < -0.39 is 12.0 Å². The molecule has 0 amide bonds. The molecule has 2 heterocycles. The fourth-order valence-corrected chi connectivity index (χ4v) is 3.34. The zero-order valence-electron chi connectivity index (χ0n) is 13.5. The molecule has 4 rings (SSSR count). The quantitative estimate of drug-likeness (QED) is 0.643. The van der Waals surface area contributed by atoms with Crippen LogP contribution in [-0.4, -0.2) is 25.7 Å². The van der Waals surface area contributed by atoms with E-state index >= 15 is 0 Å². The van der Waals surface area contributed by atoms with E-state index in [1.807, 2.05) is 0 Å². The smallest absolute Gasteiger partial charge is 0.452 e. The third-order valence-electron chi connectivity index (χ3n) is 4.53. The molecule has 5 nitrogen and oxygen atoms in total. The lowest BCUT2D eigenvalue weighted by Crippen LogP contribution is -2.17. The van der Waals surface area contributed by atoms with Crippen LogP contribution in [0.4, 0.5) is 13.2 Å². The lowest BCUT2D eigenvalue weighted by atomic mass is 10.1. The molecular weight excluding hydrogens is 333 g/mol. The zero-order valence-corrected chi connectivity index (χ0v) is 13.5. The molecule has 3 aromatic rings. The van der Waals surface area contributed by atoms with Gasteiger partial charge in [0.25, 0.3) is 5.88 Å². The van der Waals surface area contributed by atoms with Gasteiger partial charge >= 0.3 is 6.18 Å². The fraction of sp³-hybridized carbons (Fsp3) is 0.471. The average molecular weight is 350 g/mol. The highest BCUT2D eigenvalue weighted by atomic mass is 19.4. The summed E-state index contributed by atoms with van der Waals surface area (Å²) in [7, 11) is 0. The van der Waals surface area contributed by atoms with Gasteiger partial charge in [0.1, 0.15) is 6.10 Å². The molecule has 1 aliphatic carbocycles. The molecule has 0 atom stereocenters. The van der Waals surface area contributed by atoms with Crippen molar-refractivity contribution < 1.29 is 17.9 Å². The summed E-state index contributed by atoms with van der Waals surface area (Å²) in [6.45, 7) is 0. The average Bonchev–Trinajstić information content (AvgIpc) is 2.89. The first-order chi connectivity index (χ1) is 12.0. The first-order valence-corrected chi connectivity index (χ1v) is 8.42. The third-order valence-corrected chi connectivity index (χ3v) is 4.53. The number of nitrogens with zero attached hydrogens (tertiary/aromatic N) is 4. The molecular formula is C17H17F3N4O. The number of fused-ring (bicyclic) bond motifs is 3. The van der Waals surface area contributed by atoms with E-state index in [4.69, 9.17) is 4.74 Å². The lowest BCUT2D eigenvalue weighted by molar-refractivity contribution is -0.145. The summed E-state index contributed by atoms with van der Waals surface area (Å²) in [6.07, 6.45) is 1.51. The van der Waals surface area contributed by atoms with E-state index in [0.29, 0.717) is 11.0 Å². The van der Waals surface area contributed by atoms with Crippen molar-refractivity contribution in [2.45, 2.75) is 50.8 Å². The van der Waals surface area contributed by atoms with Crippen molar-refractivity contribution in [2.75, 3.05) is 0 Å². The normalized spacial score (nSPS) is 17.1. The maximum absolute atomic E-state index is 13.3. The van der Waals surface area contributed by atoms with Crippen molar-refractivity contribution in [3.8, 4) is 5.88 Å². The fourth-order valence-electron chi connectivity index (χ4n) is 3.34. The summed E-state index contributed by atoms with van der Waals surface area (Å²) in [4.78, 5) is 4.41. The van der Waals surface area contributed by atoms with Crippen LogP contribution in [0.25, 0.3) is 16.7 Å². The Balaban J connectivity index is 1.87. The van der Waals surface area contributed by atoms with Crippen LogP contribution in [-0.2, 0) is 6.18 Å². The number of alkyl halides is 3. The first-order valence-electron chi connectivity index (χ1n) is 8.42. The van der Waals surface area contributed by atoms with Crippen molar-refractivity contribution in [3.63, 3.8) is 0 Å². The summed E-state index contributed by atoms with van der Waals surface area (Å²) >= 11 is 0. The summed E-state index contributed by atoms with van der Waals surface area (Å²) < 4.78 is 47.0. The van der Waals surface area contributed by atoms with E-state index in [9.17, 15) is 13.2 Å². The topological polar surface area (TPSA) is 52.3 Å². The predicted octanol–water partition coefficient (Wildman–Crippen LogP) is 4.40. The van der Waals surface area contributed by atoms with Gasteiger partial charge in [-0.25, -0.2) is 4.98 Å². The Morgan fingerprint density at radius 3 is 2.44 bits per heavy atom. The van der Waals surface area contributed by atoms with Gasteiger partial charge in [0.15, 0.2) is 0 Å². The lowest BCUT2D eigenvalue weighted by Gasteiger charge is -2.17. The second-order valence-electron chi connectivity index (χ2n) is 6.32. The minimum Gasteiger partial charge on any atom is -0.472 e. The summed E-state index contributed by atoms with van der Waals surface area (Å²) in [6, 6.07) is 6.63. The number of para-hydroxylation sites is 2. The van der Waals surface area contributed by atoms with E-state index in [2.05, 4.69) is 15.2 Å². The van der Waals surface area contributed by atoms with Crippen LogP contribution in [0.15, 0.2) is 24.3 Å². The van der Waals surface area contributed by atoms with Crippen LogP contribution in [0.2, 0.25) is 0 Å². The second-order valence-corrected chi connectivity index (χ2v) is 6.32. The van der Waals surface area contributed by atoms with Crippen LogP contribution in [0.3, 0.4) is 0 Å². The molecule has 0 unspecified atom stereocenters. The van der Waals surface area contributed by atoms with E-state index in [1.54, 1.807) is 24.3 Å². The highest BCUT2D eigenvalue weighted by molar-refractivity contribution is 5.79. The summed E-state index contributed by atoms with van der Waals surface area (Å²) in [5.41, 5.74) is 0.738. The Labute approximate surface area is 141 Å². The molecule has 1 fully saturated rings. The van der Waals surface area contributed by atoms with Gasteiger partial charge in [-0.2, -0.15) is 13.2 Å². The number of hydrogen-bond donors (Lipinski definition) is 0. The number of aromatic nitrogens is 4. The Hall–Kier alpha value is -2.38. The first kappa shape index (κ1) is 16.1. The van der Waals surface area contributed by atoms with Crippen molar-refractivity contribution in [1.29, 1.82) is 0 Å². The van der Waals surface area contributed by atoms with Crippen molar-refractivity contribution >= 4 is 16.7 Å². The molecule has 1 aliphatic rings. The molecule has 8 heteroatoms. The molecule has 1 saturated carbocycles. The summed E-state index contributed by atoms with van der Waals surface area (Å²) in [5, 5.41) is 7.09. The highest BCUT2D eigenvalue weighted by Crippen LogP contribution is 2.33. The van der Waals surface area contributed by atoms with Gasteiger partial charge in [-0.1, -0.05) is 25.0 Å². The Morgan fingerprint density at radius 1 is 1.00 bits per heavy atom. The minimum absolute atomic E-state index is 0.00951. The Morgan fingerprint density at radius 2 is 1.72 bits per heavy atom. The van der Waals surface area contributed by atoms with Gasteiger partial charge in [0.05, 0.1) is 11.0 Å². The van der Waals surface area contributed by atoms with Gasteiger partial charge in [-0.05, 0) is 37.8 Å². The Bertz CT molecular complexity index is 898. The van der Waals surface area contributed by atoms with Gasteiger partial charge in [-0.3, -0.25) is 4.40 Å². The molecule has 0 aliphatic heterocycles. The SMILES string of the molecule is FC(F)(F)c1nnc2c(OC3CCCCCC3)nc3ccccc3n12. The molecule has 2 aromatic heterocycles. The largest absolute Gasteiger partial charge is 0.472 e. The standard InChI is InChI=1S/C17H17F3N4O/c18-17(19,20)16-23-22-14-15(25-11-7-3-1-2-4-8-11)21-12-9-5-6-10-13(12)24(14)16/h5-6,9-11H,1-4,7-8H2. The molecule has 0 saturated heterocycles. The number of benzene rings is 1. The van der Waals surface area contributed by atoms with E-state index in [1.165, 1.54) is 0 Å². The second kappa shape index (κ2) is 6.16. The monoisotopic (exact) mass is 350 g/mol. The summed E-state index contributed by atoms with van der Waals surface area (Å²) in [5.74, 6) is -0.944. The molecule has 0 N–H and O–H groups in total. The number of hydrogen-bond acceptors (Lipinski definition) is 4. The number of rotatable bonds is 2. The Kier molecular flexibility index (Phi) is 3.97. The van der Waals surface area contributed by atoms with Crippen molar-refractivity contribution in [3.05, 3.63) is 30.1 Å². The van der Waals surface area contributed by atoms with Crippen LogP contribution < -0.4 is 4.74 Å². The molecule has 1 aromatic carbocycles. The van der Waals surface area contributed by atoms with Gasteiger partial charge in [0, 0.05) is 0 Å². The van der Waals surface area contributed by atoms with Crippen LogP contribution >= 0.6 is 0 Å². The molecule has 25 heavy (non-hydrogen) atoms. The van der Waals surface area contributed by atoms with Crippen molar-refractivity contribution in [1.82, 2.24) is 19.6 Å². The number of ether oxygens (including phenoxy) is 1. The number of halogens is 3. The van der Waals surface area contributed by atoms with Crippen LogP contribution in [0, 0.1) is 0 Å². The van der Waals surface area contributed by atoms with Crippen LogP contribution in [0.5, 0.6) is 5.88 Å². The molecule has 0 radical (unpaired) electrons. The minimum atomic E-state index is -4.61. The maximum atomic E-state index is 13.3. The van der Waals surface area contributed by atoms with E-state index in [0.717, 1.165) is 42.9 Å². The molecule has 0 bridgehead atoms. The molecule has 132 valence electrons. The van der Waals surface area contributed by atoms with Gasteiger partial charge in [0.2, 0.25) is 11.5 Å². The third kappa shape index (κ3) is 3.01. The van der Waals surface area contributed by atoms with Crippen LogP contribution in [0.1, 0.15) is 44.3 Å².